The first-order valence-electron chi connectivity index (χ1n) is 10.5. The molecule has 180 valence electrons. The molecule has 2 aromatic heterocycles. The van der Waals surface area contributed by atoms with Gasteiger partial charge in [-0.15, -0.1) is 11.3 Å². The van der Waals surface area contributed by atoms with E-state index in [9.17, 15) is 23.2 Å². The summed E-state index contributed by atoms with van der Waals surface area (Å²) in [5, 5.41) is 8.62. The summed E-state index contributed by atoms with van der Waals surface area (Å²) in [6.07, 6.45) is 0. The van der Waals surface area contributed by atoms with E-state index in [0.29, 0.717) is 18.0 Å². The van der Waals surface area contributed by atoms with Crippen LogP contribution in [0.3, 0.4) is 0 Å². The predicted octanol–water partition coefficient (Wildman–Crippen LogP) is 4.55. The first kappa shape index (κ1) is 24.0. The fourth-order valence-electron chi connectivity index (χ4n) is 3.33. The van der Waals surface area contributed by atoms with Gasteiger partial charge in [0.2, 0.25) is 0 Å². The summed E-state index contributed by atoms with van der Waals surface area (Å²) in [6.45, 7) is 4.03. The van der Waals surface area contributed by atoms with E-state index in [1.165, 1.54) is 5.38 Å². The van der Waals surface area contributed by atoms with Crippen LogP contribution in [-0.2, 0) is 4.74 Å². The Morgan fingerprint density at radius 3 is 2.46 bits per heavy atom. The molecule has 0 aliphatic carbocycles. The second-order valence-electron chi connectivity index (χ2n) is 7.15. The van der Waals surface area contributed by atoms with Crippen molar-refractivity contribution in [2.45, 2.75) is 13.8 Å². The number of amides is 1. The zero-order valence-corrected chi connectivity index (χ0v) is 19.4. The number of esters is 1. The number of rotatable bonds is 7. The molecule has 0 spiro atoms. The topological polar surface area (TPSA) is 99.5 Å². The number of fused-ring (bicyclic) bond motifs is 1. The van der Waals surface area contributed by atoms with Crippen molar-refractivity contribution in [3.8, 4) is 11.4 Å². The van der Waals surface area contributed by atoms with E-state index in [0.717, 1.165) is 34.2 Å². The summed E-state index contributed by atoms with van der Waals surface area (Å²) in [5.41, 5.74) is -0.495. The summed E-state index contributed by atoms with van der Waals surface area (Å²) >= 11 is 0.989. The van der Waals surface area contributed by atoms with Crippen LogP contribution in [0.15, 0.2) is 52.6 Å². The predicted molar refractivity (Wildman–Crippen MR) is 127 cm³/mol. The van der Waals surface area contributed by atoms with E-state index in [-0.39, 0.29) is 33.6 Å². The molecule has 8 nitrogen and oxygen atoms in total. The Morgan fingerprint density at radius 1 is 1.06 bits per heavy atom. The molecule has 35 heavy (non-hydrogen) atoms. The number of aromatic nitrogens is 2. The van der Waals surface area contributed by atoms with Crippen LogP contribution in [0.25, 0.3) is 16.5 Å². The van der Waals surface area contributed by atoms with Gasteiger partial charge in [0.1, 0.15) is 10.8 Å². The van der Waals surface area contributed by atoms with Crippen LogP contribution in [0.5, 0.6) is 5.75 Å². The first-order chi connectivity index (χ1) is 16.8. The van der Waals surface area contributed by atoms with E-state index >= 15 is 0 Å². The van der Waals surface area contributed by atoms with Crippen LogP contribution >= 0.6 is 11.3 Å². The first-order valence-corrected chi connectivity index (χ1v) is 11.4. The van der Waals surface area contributed by atoms with Gasteiger partial charge in [0.25, 0.3) is 11.5 Å². The summed E-state index contributed by atoms with van der Waals surface area (Å²) in [5.74, 6) is -3.18. The molecule has 0 aliphatic heterocycles. The molecule has 0 radical (unpaired) electrons. The van der Waals surface area contributed by atoms with Crippen LogP contribution in [0.1, 0.15) is 34.7 Å². The molecule has 2 heterocycles. The zero-order valence-electron chi connectivity index (χ0n) is 18.6. The molecule has 0 fully saturated rings. The largest absolute Gasteiger partial charge is 0.494 e. The Balaban J connectivity index is 1.84. The van der Waals surface area contributed by atoms with Crippen LogP contribution in [-0.4, -0.2) is 34.9 Å². The number of carbonyl (C=O) groups is 2. The van der Waals surface area contributed by atoms with Gasteiger partial charge in [-0.05, 0) is 56.3 Å². The van der Waals surface area contributed by atoms with Gasteiger partial charge in [0.15, 0.2) is 17.3 Å². The molecule has 4 aromatic rings. The van der Waals surface area contributed by atoms with Crippen molar-refractivity contribution in [3.05, 3.63) is 81.1 Å². The molecular weight excluding hydrogens is 480 g/mol. The van der Waals surface area contributed by atoms with Crippen molar-refractivity contribution in [2.75, 3.05) is 18.5 Å². The van der Waals surface area contributed by atoms with Gasteiger partial charge in [-0.2, -0.15) is 9.78 Å². The molecule has 0 saturated carbocycles. The lowest BCUT2D eigenvalue weighted by molar-refractivity contribution is 0.0520. The molecule has 11 heteroatoms. The number of nitrogens with zero attached hydrogens (tertiary/aromatic N) is 2. The van der Waals surface area contributed by atoms with Gasteiger partial charge in [0.05, 0.1) is 24.3 Å². The summed E-state index contributed by atoms with van der Waals surface area (Å²) < 4.78 is 38.4. The lowest BCUT2D eigenvalue weighted by Gasteiger charge is -2.11. The number of ether oxygens (including phenoxy) is 2. The van der Waals surface area contributed by atoms with Gasteiger partial charge < -0.3 is 14.8 Å². The summed E-state index contributed by atoms with van der Waals surface area (Å²) in [6, 6.07) is 9.22. The molecule has 0 bridgehead atoms. The number of thiophene rings is 1. The highest BCUT2D eigenvalue weighted by molar-refractivity contribution is 7.16. The highest BCUT2D eigenvalue weighted by atomic mass is 32.1. The zero-order chi connectivity index (χ0) is 25.1. The smallest absolute Gasteiger partial charge is 0.359 e. The average Bonchev–Trinajstić information content (AvgIpc) is 3.26. The maximum Gasteiger partial charge on any atom is 0.359 e. The Hall–Kier alpha value is -4.12. The summed E-state index contributed by atoms with van der Waals surface area (Å²) in [4.78, 5) is 38.8. The van der Waals surface area contributed by atoms with Gasteiger partial charge in [-0.1, -0.05) is 0 Å². The number of nitrogens with one attached hydrogen (secondary N) is 1. The fraction of sp³-hybridized carbons (Fsp3) is 0.167. The van der Waals surface area contributed by atoms with Gasteiger partial charge >= 0.3 is 5.97 Å². The number of carbonyl (C=O) groups excluding carboxylic acids is 2. The third-order valence-electron chi connectivity index (χ3n) is 4.92. The highest BCUT2D eigenvalue weighted by Crippen LogP contribution is 2.31. The van der Waals surface area contributed by atoms with Crippen LogP contribution in [0.4, 0.5) is 13.8 Å². The molecule has 1 amide bonds. The molecule has 1 N–H and O–H groups in total. The van der Waals surface area contributed by atoms with E-state index in [2.05, 4.69) is 10.4 Å². The Kier molecular flexibility index (Phi) is 6.87. The van der Waals surface area contributed by atoms with Crippen molar-refractivity contribution in [1.29, 1.82) is 0 Å². The van der Waals surface area contributed by atoms with Crippen molar-refractivity contribution < 1.29 is 27.8 Å². The maximum atomic E-state index is 13.6. The number of anilines is 1. The number of hydrogen-bond donors (Lipinski definition) is 1. The minimum atomic E-state index is -1.18. The normalized spacial score (nSPS) is 10.9. The van der Waals surface area contributed by atoms with Crippen molar-refractivity contribution >= 4 is 39.0 Å². The van der Waals surface area contributed by atoms with E-state index in [1.54, 1.807) is 31.2 Å². The lowest BCUT2D eigenvalue weighted by Crippen LogP contribution is -2.25. The third kappa shape index (κ3) is 4.76. The molecule has 0 saturated heterocycles. The maximum absolute atomic E-state index is 13.6. The standard InChI is InChI=1S/C24H19F2N3O5S/c1-3-33-15-8-6-14(7-9-15)29-23(31)19-16(20(28-29)24(32)34-4-2)12-35-22(19)27-21(30)13-5-10-17(25)18(26)11-13/h5-12H,3-4H2,1-2H3,(H,27,30). The average molecular weight is 499 g/mol. The van der Waals surface area contributed by atoms with Gasteiger partial charge in [0, 0.05) is 16.3 Å². The molecule has 2 aromatic carbocycles. The van der Waals surface area contributed by atoms with Crippen molar-refractivity contribution in [1.82, 2.24) is 9.78 Å². The highest BCUT2D eigenvalue weighted by Gasteiger charge is 2.23. The lowest BCUT2D eigenvalue weighted by atomic mass is 10.2. The molecule has 0 aliphatic rings. The number of halogens is 2. The third-order valence-corrected chi connectivity index (χ3v) is 5.82. The fourth-order valence-corrected chi connectivity index (χ4v) is 4.26. The monoisotopic (exact) mass is 499 g/mol. The Bertz CT molecular complexity index is 1480. The van der Waals surface area contributed by atoms with E-state index in [1.807, 2.05) is 6.92 Å². The summed E-state index contributed by atoms with van der Waals surface area (Å²) in [7, 11) is 0. The Morgan fingerprint density at radius 2 is 1.80 bits per heavy atom. The van der Waals surface area contributed by atoms with Crippen molar-refractivity contribution in [2.24, 2.45) is 0 Å². The molecule has 0 atom stereocenters. The minimum absolute atomic E-state index is 0.0258. The quantitative estimate of drug-likeness (QED) is 0.375. The van der Waals surface area contributed by atoms with Gasteiger partial charge in [-0.3, -0.25) is 9.59 Å². The van der Waals surface area contributed by atoms with Crippen LogP contribution in [0, 0.1) is 11.6 Å². The SMILES string of the molecule is CCOC(=O)c1nn(-c2ccc(OCC)cc2)c(=O)c2c(NC(=O)c3ccc(F)c(F)c3)scc12. The van der Waals surface area contributed by atoms with Gasteiger partial charge in [-0.25, -0.2) is 13.6 Å². The molecule has 0 unspecified atom stereocenters. The number of hydrogen-bond acceptors (Lipinski definition) is 7. The molecular formula is C24H19F2N3O5S. The number of benzene rings is 2. The van der Waals surface area contributed by atoms with E-state index in [4.69, 9.17) is 9.47 Å². The van der Waals surface area contributed by atoms with E-state index < -0.39 is 29.1 Å². The van der Waals surface area contributed by atoms with Crippen LogP contribution in [0.2, 0.25) is 0 Å². The second-order valence-corrected chi connectivity index (χ2v) is 8.03. The second kappa shape index (κ2) is 10.0. The minimum Gasteiger partial charge on any atom is -0.494 e. The van der Waals surface area contributed by atoms with Crippen molar-refractivity contribution in [3.63, 3.8) is 0 Å². The van der Waals surface area contributed by atoms with Crippen LogP contribution < -0.4 is 15.6 Å². The molecule has 4 rings (SSSR count). The Labute approximate surface area is 201 Å².